The van der Waals surface area contributed by atoms with Gasteiger partial charge in [-0.25, -0.2) is 0 Å². The third-order valence-corrected chi connectivity index (χ3v) is 4.10. The number of carbonyl (C=O) groups is 1. The minimum atomic E-state index is 0.156. The van der Waals surface area contributed by atoms with Gasteiger partial charge in [0.15, 0.2) is 0 Å². The number of piperidine rings is 1. The molecule has 0 saturated carbocycles. The first kappa shape index (κ1) is 12.8. The Morgan fingerprint density at radius 1 is 1.35 bits per heavy atom. The lowest BCUT2D eigenvalue weighted by molar-refractivity contribution is -0.125. The summed E-state index contributed by atoms with van der Waals surface area (Å²) >= 11 is 0. The summed E-state index contributed by atoms with van der Waals surface area (Å²) in [4.78, 5) is 12.0. The molecular formula is C13H24N2O2. The molecule has 0 aliphatic carbocycles. The van der Waals surface area contributed by atoms with Crippen molar-refractivity contribution in [3.05, 3.63) is 0 Å². The van der Waals surface area contributed by atoms with E-state index in [9.17, 15) is 4.79 Å². The van der Waals surface area contributed by atoms with Crippen molar-refractivity contribution in [1.29, 1.82) is 0 Å². The van der Waals surface area contributed by atoms with Crippen LogP contribution in [0.25, 0.3) is 0 Å². The minimum Gasteiger partial charge on any atom is -0.378 e. The van der Waals surface area contributed by atoms with Crippen molar-refractivity contribution in [2.45, 2.75) is 45.3 Å². The van der Waals surface area contributed by atoms with Gasteiger partial charge in [0.25, 0.3) is 0 Å². The van der Waals surface area contributed by atoms with Gasteiger partial charge in [0.2, 0.25) is 5.91 Å². The van der Waals surface area contributed by atoms with E-state index in [1.165, 1.54) is 0 Å². The number of ether oxygens (including phenoxy) is 1. The molecule has 1 amide bonds. The largest absolute Gasteiger partial charge is 0.378 e. The van der Waals surface area contributed by atoms with Crippen molar-refractivity contribution in [3.8, 4) is 0 Å². The zero-order chi connectivity index (χ0) is 12.3. The summed E-state index contributed by atoms with van der Waals surface area (Å²) in [5.74, 6) is 0.863. The second kappa shape index (κ2) is 5.83. The van der Waals surface area contributed by atoms with Crippen LogP contribution in [0.4, 0.5) is 0 Å². The molecule has 2 rings (SSSR count). The van der Waals surface area contributed by atoms with Crippen LogP contribution in [0.15, 0.2) is 0 Å². The highest BCUT2D eigenvalue weighted by molar-refractivity contribution is 5.79. The van der Waals surface area contributed by atoms with Crippen LogP contribution in [0.5, 0.6) is 0 Å². The first-order chi connectivity index (χ1) is 8.16. The van der Waals surface area contributed by atoms with Gasteiger partial charge in [-0.3, -0.25) is 4.79 Å². The molecule has 98 valence electrons. The van der Waals surface area contributed by atoms with Crippen molar-refractivity contribution in [3.63, 3.8) is 0 Å². The highest BCUT2D eigenvalue weighted by Gasteiger charge is 2.27. The van der Waals surface area contributed by atoms with Gasteiger partial charge in [0, 0.05) is 31.7 Å². The van der Waals surface area contributed by atoms with Crippen molar-refractivity contribution in [2.24, 2.45) is 11.8 Å². The van der Waals surface area contributed by atoms with Crippen LogP contribution in [0, 0.1) is 11.8 Å². The molecule has 2 saturated heterocycles. The van der Waals surface area contributed by atoms with Gasteiger partial charge < -0.3 is 15.4 Å². The molecule has 0 aromatic rings. The Bertz CT molecular complexity index is 262. The molecule has 0 aromatic heterocycles. The lowest BCUT2D eigenvalue weighted by Crippen LogP contribution is -2.45. The maximum atomic E-state index is 12.0. The van der Waals surface area contributed by atoms with Gasteiger partial charge in [-0.15, -0.1) is 0 Å². The molecule has 2 N–H and O–H groups in total. The smallest absolute Gasteiger partial charge is 0.224 e. The number of hydrogen-bond acceptors (Lipinski definition) is 3. The van der Waals surface area contributed by atoms with E-state index in [-0.39, 0.29) is 11.8 Å². The predicted molar refractivity (Wildman–Crippen MR) is 66.7 cm³/mol. The number of hydrogen-bond donors (Lipinski definition) is 2. The molecule has 4 nitrogen and oxygen atoms in total. The summed E-state index contributed by atoms with van der Waals surface area (Å²) in [5, 5.41) is 6.44. The zero-order valence-corrected chi connectivity index (χ0v) is 10.9. The molecule has 4 heteroatoms. The van der Waals surface area contributed by atoms with E-state index in [2.05, 4.69) is 24.5 Å². The average Bonchev–Trinajstić information content (AvgIpc) is 2.73. The third kappa shape index (κ3) is 3.42. The Kier molecular flexibility index (Phi) is 4.40. The molecular weight excluding hydrogens is 216 g/mol. The topological polar surface area (TPSA) is 50.4 Å². The Hall–Kier alpha value is -0.610. The summed E-state index contributed by atoms with van der Waals surface area (Å²) < 4.78 is 5.49. The normalized spacial score (nSPS) is 38.0. The molecule has 2 aliphatic heterocycles. The highest BCUT2D eigenvalue weighted by Crippen LogP contribution is 2.20. The molecule has 2 aliphatic rings. The van der Waals surface area contributed by atoms with Crippen molar-refractivity contribution < 1.29 is 9.53 Å². The third-order valence-electron chi connectivity index (χ3n) is 4.10. The summed E-state index contributed by atoms with van der Waals surface area (Å²) in [6, 6.07) is 0.558. The second-order valence-electron chi connectivity index (χ2n) is 5.45. The molecule has 2 heterocycles. The van der Waals surface area contributed by atoms with E-state index in [0.29, 0.717) is 18.1 Å². The van der Waals surface area contributed by atoms with Crippen LogP contribution in [0.2, 0.25) is 0 Å². The summed E-state index contributed by atoms with van der Waals surface area (Å²) in [7, 11) is 0. The molecule has 17 heavy (non-hydrogen) atoms. The van der Waals surface area contributed by atoms with E-state index < -0.39 is 0 Å². The Morgan fingerprint density at radius 2 is 2.18 bits per heavy atom. The molecule has 4 unspecified atom stereocenters. The number of rotatable bonds is 3. The molecule has 0 aromatic carbocycles. The van der Waals surface area contributed by atoms with Crippen LogP contribution in [-0.2, 0) is 9.53 Å². The van der Waals surface area contributed by atoms with Crippen molar-refractivity contribution in [1.82, 2.24) is 10.6 Å². The van der Waals surface area contributed by atoms with Crippen LogP contribution in [0.3, 0.4) is 0 Å². The van der Waals surface area contributed by atoms with Crippen molar-refractivity contribution in [2.75, 3.05) is 19.7 Å². The summed E-state index contributed by atoms with van der Waals surface area (Å²) in [5.41, 5.74) is 0. The van der Waals surface area contributed by atoms with E-state index in [0.717, 1.165) is 39.0 Å². The van der Waals surface area contributed by atoms with Crippen LogP contribution in [-0.4, -0.2) is 37.7 Å². The second-order valence-corrected chi connectivity index (χ2v) is 5.45. The molecule has 4 atom stereocenters. The zero-order valence-electron chi connectivity index (χ0n) is 10.9. The number of amides is 1. The first-order valence-electron chi connectivity index (χ1n) is 6.79. The number of carbonyl (C=O) groups excluding carboxylic acids is 1. The maximum absolute atomic E-state index is 12.0. The Balaban J connectivity index is 1.70. The van der Waals surface area contributed by atoms with Gasteiger partial charge in [0.05, 0.1) is 12.0 Å². The lowest BCUT2D eigenvalue weighted by atomic mass is 9.94. The summed E-state index contributed by atoms with van der Waals surface area (Å²) in [6.07, 6.45) is 3.47. The van der Waals surface area contributed by atoms with E-state index in [1.807, 2.05) is 0 Å². The molecule has 0 spiro atoms. The predicted octanol–water partition coefficient (Wildman–Crippen LogP) is 0.916. The fourth-order valence-electron chi connectivity index (χ4n) is 2.64. The standard InChI is InChI=1S/C13H24N2O2/c1-9-3-4-12(8-14-9)13(16)15-7-11-5-6-17-10(11)2/h9-12,14H,3-8H2,1-2H3,(H,15,16). The van der Waals surface area contributed by atoms with E-state index >= 15 is 0 Å². The molecule has 2 fully saturated rings. The first-order valence-corrected chi connectivity index (χ1v) is 6.79. The highest BCUT2D eigenvalue weighted by atomic mass is 16.5. The monoisotopic (exact) mass is 240 g/mol. The van der Waals surface area contributed by atoms with Crippen molar-refractivity contribution >= 4 is 5.91 Å². The molecule has 0 radical (unpaired) electrons. The van der Waals surface area contributed by atoms with Gasteiger partial charge in [-0.2, -0.15) is 0 Å². The fourth-order valence-corrected chi connectivity index (χ4v) is 2.64. The SMILES string of the molecule is CC1CCC(C(=O)NCC2CCOC2C)CN1. The van der Waals surface area contributed by atoms with Gasteiger partial charge >= 0.3 is 0 Å². The van der Waals surface area contributed by atoms with Crippen LogP contribution >= 0.6 is 0 Å². The number of nitrogens with one attached hydrogen (secondary N) is 2. The lowest BCUT2D eigenvalue weighted by Gasteiger charge is -2.27. The fraction of sp³-hybridized carbons (Fsp3) is 0.923. The Labute approximate surface area is 103 Å². The molecule has 0 bridgehead atoms. The Morgan fingerprint density at radius 3 is 2.76 bits per heavy atom. The van der Waals surface area contributed by atoms with Crippen LogP contribution in [0.1, 0.15) is 33.1 Å². The van der Waals surface area contributed by atoms with E-state index in [1.54, 1.807) is 0 Å². The maximum Gasteiger partial charge on any atom is 0.224 e. The average molecular weight is 240 g/mol. The van der Waals surface area contributed by atoms with E-state index in [4.69, 9.17) is 4.74 Å². The van der Waals surface area contributed by atoms with Crippen LogP contribution < -0.4 is 10.6 Å². The quantitative estimate of drug-likeness (QED) is 0.771. The van der Waals surface area contributed by atoms with Gasteiger partial charge in [0.1, 0.15) is 0 Å². The minimum absolute atomic E-state index is 0.156. The van der Waals surface area contributed by atoms with Gasteiger partial charge in [-0.05, 0) is 33.1 Å². The summed E-state index contributed by atoms with van der Waals surface area (Å²) in [6.45, 7) is 6.69. The van der Waals surface area contributed by atoms with Gasteiger partial charge in [-0.1, -0.05) is 0 Å².